The molecular formula is C31H29BrO2. The van der Waals surface area contributed by atoms with E-state index in [9.17, 15) is 5.11 Å². The van der Waals surface area contributed by atoms with Gasteiger partial charge in [0.2, 0.25) is 0 Å². The van der Waals surface area contributed by atoms with E-state index in [0.717, 1.165) is 18.4 Å². The van der Waals surface area contributed by atoms with Crippen LogP contribution in [0.15, 0.2) is 115 Å². The summed E-state index contributed by atoms with van der Waals surface area (Å²) in [4.78, 5) is -0.0482. The van der Waals surface area contributed by atoms with E-state index in [1.165, 1.54) is 22.3 Å². The summed E-state index contributed by atoms with van der Waals surface area (Å²) in [5, 5.41) is 10.6. The molecule has 1 fully saturated rings. The number of aliphatic hydroxyl groups is 1. The molecule has 1 saturated heterocycles. The van der Waals surface area contributed by atoms with Crippen molar-refractivity contribution < 1.29 is 9.84 Å². The fraction of sp³-hybridized carbons (Fsp3) is 0.226. The summed E-state index contributed by atoms with van der Waals surface area (Å²) in [5.41, 5.74) is 4.96. The van der Waals surface area contributed by atoms with Gasteiger partial charge in [0.15, 0.2) is 0 Å². The maximum atomic E-state index is 10.6. The normalized spacial score (nSPS) is 23.0. The summed E-state index contributed by atoms with van der Waals surface area (Å²) >= 11 is 4.03. The second-order valence-electron chi connectivity index (χ2n) is 9.39. The first-order valence-corrected chi connectivity index (χ1v) is 12.7. The number of hydrogen-bond acceptors (Lipinski definition) is 2. The predicted octanol–water partition coefficient (Wildman–Crippen LogP) is 7.33. The molecule has 0 unspecified atom stereocenters. The molecule has 3 atom stereocenters. The molecule has 1 aliphatic heterocycles. The number of hydrogen-bond donors (Lipinski definition) is 1. The Morgan fingerprint density at radius 2 is 1.29 bits per heavy atom. The summed E-state index contributed by atoms with van der Waals surface area (Å²) in [5.74, 6) is 0. The number of ether oxygens (including phenoxy) is 1. The van der Waals surface area contributed by atoms with Gasteiger partial charge in [-0.3, -0.25) is 0 Å². The Bertz CT molecular complexity index is 1190. The first-order chi connectivity index (χ1) is 16.6. The van der Waals surface area contributed by atoms with Crippen molar-refractivity contribution in [2.45, 2.75) is 23.3 Å². The fourth-order valence-electron chi connectivity index (χ4n) is 5.20. The van der Waals surface area contributed by atoms with Crippen LogP contribution in [0.5, 0.6) is 0 Å². The Balaban J connectivity index is 1.54. The molecule has 3 heteroatoms. The molecule has 4 aromatic rings. The SMILES string of the molecule is OC[C@]1(Cc2ccccc2)CO[C@](c2ccc(-c3ccccc3)cc2)([C@H](Br)c2ccccc2)C1. The quantitative estimate of drug-likeness (QED) is 0.262. The van der Waals surface area contributed by atoms with Crippen LogP contribution in [0, 0.1) is 5.41 Å². The second-order valence-corrected chi connectivity index (χ2v) is 10.3. The largest absolute Gasteiger partial charge is 0.396 e. The molecule has 1 heterocycles. The smallest absolute Gasteiger partial charge is 0.110 e. The van der Waals surface area contributed by atoms with E-state index in [0.29, 0.717) is 6.61 Å². The lowest BCUT2D eigenvalue weighted by atomic mass is 9.73. The zero-order chi connectivity index (χ0) is 23.4. The molecule has 0 spiro atoms. The lowest BCUT2D eigenvalue weighted by Gasteiger charge is -2.36. The monoisotopic (exact) mass is 512 g/mol. The van der Waals surface area contributed by atoms with E-state index in [4.69, 9.17) is 4.74 Å². The Hall–Kier alpha value is -2.72. The van der Waals surface area contributed by atoms with Crippen molar-refractivity contribution in [2.24, 2.45) is 5.41 Å². The van der Waals surface area contributed by atoms with Gasteiger partial charge >= 0.3 is 0 Å². The van der Waals surface area contributed by atoms with Crippen molar-refractivity contribution in [1.29, 1.82) is 0 Å². The Morgan fingerprint density at radius 3 is 1.91 bits per heavy atom. The molecule has 0 aliphatic carbocycles. The van der Waals surface area contributed by atoms with Crippen LogP contribution in [0.25, 0.3) is 11.1 Å². The highest BCUT2D eigenvalue weighted by molar-refractivity contribution is 9.09. The predicted molar refractivity (Wildman–Crippen MR) is 142 cm³/mol. The van der Waals surface area contributed by atoms with E-state index in [1.54, 1.807) is 0 Å². The first kappa shape index (κ1) is 23.0. The lowest BCUT2D eigenvalue weighted by Crippen LogP contribution is -2.34. The Morgan fingerprint density at radius 1 is 0.735 bits per heavy atom. The summed E-state index contributed by atoms with van der Waals surface area (Å²) in [6, 6.07) is 40.0. The van der Waals surface area contributed by atoms with Gasteiger partial charge in [-0.2, -0.15) is 0 Å². The highest BCUT2D eigenvalue weighted by Crippen LogP contribution is 2.56. The zero-order valence-electron chi connectivity index (χ0n) is 19.1. The highest BCUT2D eigenvalue weighted by atomic mass is 79.9. The Kier molecular flexibility index (Phi) is 6.69. The van der Waals surface area contributed by atoms with Gasteiger partial charge in [-0.15, -0.1) is 0 Å². The van der Waals surface area contributed by atoms with Crippen molar-refractivity contribution in [2.75, 3.05) is 13.2 Å². The summed E-state index contributed by atoms with van der Waals surface area (Å²) in [6.07, 6.45) is 1.50. The molecule has 0 aromatic heterocycles. The molecule has 172 valence electrons. The van der Waals surface area contributed by atoms with E-state index in [2.05, 4.69) is 113 Å². The van der Waals surface area contributed by atoms with Crippen LogP contribution in [-0.4, -0.2) is 18.3 Å². The fourth-order valence-corrected chi connectivity index (χ4v) is 6.07. The molecule has 0 saturated carbocycles. The van der Waals surface area contributed by atoms with Crippen LogP contribution in [0.4, 0.5) is 0 Å². The van der Waals surface area contributed by atoms with E-state index < -0.39 is 5.60 Å². The van der Waals surface area contributed by atoms with Crippen LogP contribution in [-0.2, 0) is 16.8 Å². The summed E-state index contributed by atoms with van der Waals surface area (Å²) in [7, 11) is 0. The molecule has 1 N–H and O–H groups in total. The minimum atomic E-state index is -0.589. The van der Waals surface area contributed by atoms with Gasteiger partial charge in [-0.25, -0.2) is 0 Å². The molecule has 4 aromatic carbocycles. The van der Waals surface area contributed by atoms with Crippen molar-refractivity contribution in [3.8, 4) is 11.1 Å². The van der Waals surface area contributed by atoms with Crippen molar-refractivity contribution in [1.82, 2.24) is 0 Å². The molecule has 34 heavy (non-hydrogen) atoms. The molecule has 0 amide bonds. The number of rotatable bonds is 7. The van der Waals surface area contributed by atoms with Crippen molar-refractivity contribution in [3.05, 3.63) is 132 Å². The van der Waals surface area contributed by atoms with Crippen LogP contribution in [0.3, 0.4) is 0 Å². The van der Waals surface area contributed by atoms with Crippen LogP contribution >= 0.6 is 15.9 Å². The minimum Gasteiger partial charge on any atom is -0.396 e. The van der Waals surface area contributed by atoms with Gasteiger partial charge in [-0.1, -0.05) is 131 Å². The van der Waals surface area contributed by atoms with Crippen LogP contribution < -0.4 is 0 Å². The zero-order valence-corrected chi connectivity index (χ0v) is 20.7. The second kappa shape index (κ2) is 9.87. The standard InChI is InChI=1S/C31H29BrO2/c32-29(27-14-8-3-9-15-27)31(28-18-16-26(17-19-28)25-12-6-2-7-13-25)21-30(22-33,23-34-31)20-24-10-4-1-5-11-24/h1-19,29,33H,20-23H2/t29-,30-,31-/m1/s1. The van der Waals surface area contributed by atoms with Gasteiger partial charge in [0.25, 0.3) is 0 Å². The van der Waals surface area contributed by atoms with Crippen molar-refractivity contribution in [3.63, 3.8) is 0 Å². The molecule has 0 bridgehead atoms. The maximum absolute atomic E-state index is 10.6. The molecule has 2 nitrogen and oxygen atoms in total. The van der Waals surface area contributed by atoms with E-state index in [1.807, 2.05) is 18.2 Å². The van der Waals surface area contributed by atoms with Crippen LogP contribution in [0.1, 0.15) is 27.9 Å². The highest BCUT2D eigenvalue weighted by Gasteiger charge is 2.54. The van der Waals surface area contributed by atoms with Crippen molar-refractivity contribution >= 4 is 15.9 Å². The van der Waals surface area contributed by atoms with Crippen LogP contribution in [0.2, 0.25) is 0 Å². The van der Waals surface area contributed by atoms with Gasteiger partial charge < -0.3 is 9.84 Å². The topological polar surface area (TPSA) is 29.5 Å². The third-order valence-electron chi connectivity index (χ3n) is 7.01. The molecular weight excluding hydrogens is 484 g/mol. The Labute approximate surface area is 210 Å². The maximum Gasteiger partial charge on any atom is 0.110 e. The molecule has 0 radical (unpaired) electrons. The third kappa shape index (κ3) is 4.48. The average Bonchev–Trinajstić information content (AvgIpc) is 3.31. The average molecular weight is 513 g/mol. The van der Waals surface area contributed by atoms with Gasteiger partial charge in [-0.05, 0) is 40.7 Å². The number of alkyl halides is 1. The third-order valence-corrected chi connectivity index (χ3v) is 8.28. The first-order valence-electron chi connectivity index (χ1n) is 11.8. The van der Waals surface area contributed by atoms with Gasteiger partial charge in [0.1, 0.15) is 5.60 Å². The van der Waals surface area contributed by atoms with E-state index in [-0.39, 0.29) is 16.8 Å². The lowest BCUT2D eigenvalue weighted by molar-refractivity contribution is -0.00554. The molecule has 1 aliphatic rings. The molecule has 5 rings (SSSR count). The number of aliphatic hydroxyl groups excluding tert-OH is 1. The summed E-state index contributed by atoms with van der Waals surface area (Å²) in [6.45, 7) is 0.591. The van der Waals surface area contributed by atoms with Gasteiger partial charge in [0.05, 0.1) is 18.0 Å². The number of halogens is 1. The van der Waals surface area contributed by atoms with Gasteiger partial charge in [0, 0.05) is 5.41 Å². The number of benzene rings is 4. The summed E-state index contributed by atoms with van der Waals surface area (Å²) < 4.78 is 6.76. The minimum absolute atomic E-state index is 0.0482. The van der Waals surface area contributed by atoms with E-state index >= 15 is 0 Å².